The maximum absolute atomic E-state index is 13.2. The molecule has 0 amide bonds. The SMILES string of the molecule is COC(=O)C1=C(C)NC2=C(C(=O)CC(C)(C)C2)[C@H]1c1cc(OC)c(O)c(OC)c1. The fraction of sp³-hybridized carbons (Fsp3) is 0.455. The number of methoxy groups -OCH3 is 3. The normalized spacial score (nSPS) is 20.8. The number of ketones is 1. The molecule has 1 atom stereocenters. The molecule has 7 heteroatoms. The van der Waals surface area contributed by atoms with E-state index in [0.717, 1.165) is 5.70 Å². The number of carbonyl (C=O) groups is 2. The van der Waals surface area contributed by atoms with Crippen LogP contribution in [0.1, 0.15) is 45.1 Å². The summed E-state index contributed by atoms with van der Waals surface area (Å²) in [6.07, 6.45) is 1.06. The number of hydrogen-bond donors (Lipinski definition) is 2. The van der Waals surface area contributed by atoms with Gasteiger partial charge in [-0.15, -0.1) is 0 Å². The Morgan fingerprint density at radius 1 is 1.14 bits per heavy atom. The van der Waals surface area contributed by atoms with Crippen molar-refractivity contribution in [2.75, 3.05) is 21.3 Å². The average molecular weight is 401 g/mol. The Hall–Kier alpha value is -2.96. The molecule has 0 fully saturated rings. The standard InChI is InChI=1S/C22H27NO6/c1-11-17(21(26)29-6)18(12-7-15(27-4)20(25)16(8-12)28-5)19-13(23-11)9-22(2,3)10-14(19)24/h7-8,18,23,25H,9-10H2,1-6H3/t18-/m0/s1. The lowest BCUT2D eigenvalue weighted by Gasteiger charge is -2.39. The third kappa shape index (κ3) is 3.57. The van der Waals surface area contributed by atoms with E-state index in [1.54, 1.807) is 19.1 Å². The van der Waals surface area contributed by atoms with Gasteiger partial charge in [0.15, 0.2) is 17.3 Å². The number of ether oxygens (including phenoxy) is 3. The van der Waals surface area contributed by atoms with Crippen molar-refractivity contribution in [3.05, 3.63) is 40.2 Å². The maximum Gasteiger partial charge on any atom is 0.336 e. The number of nitrogens with one attached hydrogen (secondary N) is 1. The van der Waals surface area contributed by atoms with E-state index < -0.39 is 11.9 Å². The summed E-state index contributed by atoms with van der Waals surface area (Å²) < 4.78 is 15.6. The van der Waals surface area contributed by atoms with Crippen molar-refractivity contribution in [1.82, 2.24) is 5.32 Å². The van der Waals surface area contributed by atoms with Crippen LogP contribution in [-0.4, -0.2) is 38.2 Å². The van der Waals surface area contributed by atoms with E-state index in [0.29, 0.717) is 35.2 Å². The van der Waals surface area contributed by atoms with Gasteiger partial charge in [-0.25, -0.2) is 4.79 Å². The lowest BCUT2D eigenvalue weighted by Crippen LogP contribution is -2.38. The Bertz CT molecular complexity index is 916. The molecule has 0 saturated carbocycles. The van der Waals surface area contributed by atoms with Crippen molar-refractivity contribution in [2.45, 2.75) is 39.5 Å². The first-order valence-corrected chi connectivity index (χ1v) is 9.40. The first-order chi connectivity index (χ1) is 13.6. The van der Waals surface area contributed by atoms with Crippen LogP contribution in [0.2, 0.25) is 0 Å². The minimum atomic E-state index is -0.648. The van der Waals surface area contributed by atoms with Crippen molar-refractivity contribution in [3.8, 4) is 17.2 Å². The number of allylic oxidation sites excluding steroid dienone is 3. The zero-order valence-corrected chi connectivity index (χ0v) is 17.6. The molecule has 1 aromatic rings. The number of rotatable bonds is 4. The number of dihydropyridines is 1. The van der Waals surface area contributed by atoms with Gasteiger partial charge in [-0.2, -0.15) is 0 Å². The van der Waals surface area contributed by atoms with Crippen molar-refractivity contribution in [3.63, 3.8) is 0 Å². The summed E-state index contributed by atoms with van der Waals surface area (Å²) in [5.74, 6) is -0.927. The summed E-state index contributed by atoms with van der Waals surface area (Å²) in [5, 5.41) is 13.6. The van der Waals surface area contributed by atoms with Crippen LogP contribution in [-0.2, 0) is 14.3 Å². The molecule has 0 spiro atoms. The van der Waals surface area contributed by atoms with Gasteiger partial charge in [0.1, 0.15) is 0 Å². The summed E-state index contributed by atoms with van der Waals surface area (Å²) in [6.45, 7) is 5.89. The van der Waals surface area contributed by atoms with E-state index in [1.807, 2.05) is 13.8 Å². The molecule has 29 heavy (non-hydrogen) atoms. The van der Waals surface area contributed by atoms with Crippen LogP contribution >= 0.6 is 0 Å². The lowest BCUT2D eigenvalue weighted by atomic mass is 9.68. The van der Waals surface area contributed by atoms with Gasteiger partial charge in [0.25, 0.3) is 0 Å². The fourth-order valence-electron chi connectivity index (χ4n) is 4.23. The summed E-state index contributed by atoms with van der Waals surface area (Å²) in [7, 11) is 4.18. The van der Waals surface area contributed by atoms with Crippen molar-refractivity contribution >= 4 is 11.8 Å². The molecule has 2 aliphatic rings. The number of aromatic hydroxyl groups is 1. The number of phenolic OH excluding ortho intramolecular Hbond substituents is 1. The number of phenols is 1. The molecule has 0 aromatic heterocycles. The zero-order valence-electron chi connectivity index (χ0n) is 17.6. The first-order valence-electron chi connectivity index (χ1n) is 9.40. The molecular weight excluding hydrogens is 374 g/mol. The highest BCUT2D eigenvalue weighted by molar-refractivity contribution is 6.04. The van der Waals surface area contributed by atoms with Crippen LogP contribution in [0.5, 0.6) is 17.2 Å². The minimum absolute atomic E-state index is 0.0198. The number of hydrogen-bond acceptors (Lipinski definition) is 7. The van der Waals surface area contributed by atoms with E-state index in [9.17, 15) is 14.7 Å². The molecule has 0 unspecified atom stereocenters. The Morgan fingerprint density at radius 2 is 1.72 bits per heavy atom. The average Bonchev–Trinajstić information content (AvgIpc) is 2.65. The second-order valence-corrected chi connectivity index (χ2v) is 8.20. The monoisotopic (exact) mass is 401 g/mol. The number of benzene rings is 1. The first kappa shape index (κ1) is 20.8. The smallest absolute Gasteiger partial charge is 0.336 e. The third-order valence-electron chi connectivity index (χ3n) is 5.48. The number of esters is 1. The summed E-state index contributed by atoms with van der Waals surface area (Å²) >= 11 is 0. The van der Waals surface area contributed by atoms with Crippen molar-refractivity contribution < 1.29 is 28.9 Å². The van der Waals surface area contributed by atoms with Gasteiger partial charge in [0, 0.05) is 29.3 Å². The highest BCUT2D eigenvalue weighted by Gasteiger charge is 2.43. The van der Waals surface area contributed by atoms with Crippen LogP contribution in [0.25, 0.3) is 0 Å². The van der Waals surface area contributed by atoms with Gasteiger partial charge >= 0.3 is 5.97 Å². The fourth-order valence-corrected chi connectivity index (χ4v) is 4.23. The molecule has 0 bridgehead atoms. The van der Waals surface area contributed by atoms with Gasteiger partial charge in [0.2, 0.25) is 5.75 Å². The second kappa shape index (κ2) is 7.46. The largest absolute Gasteiger partial charge is 0.502 e. The summed E-state index contributed by atoms with van der Waals surface area (Å²) in [5.41, 5.74) is 2.78. The molecule has 156 valence electrons. The van der Waals surface area contributed by atoms with Crippen LogP contribution in [0.4, 0.5) is 0 Å². The van der Waals surface area contributed by atoms with Crippen LogP contribution < -0.4 is 14.8 Å². The molecule has 1 aliphatic carbocycles. The van der Waals surface area contributed by atoms with Gasteiger partial charge < -0.3 is 24.6 Å². The molecule has 0 radical (unpaired) electrons. The molecule has 1 aromatic carbocycles. The predicted molar refractivity (Wildman–Crippen MR) is 107 cm³/mol. The topological polar surface area (TPSA) is 94.1 Å². The molecule has 3 rings (SSSR count). The van der Waals surface area contributed by atoms with E-state index in [-0.39, 0.29) is 28.4 Å². The Labute approximate surface area is 170 Å². The van der Waals surface area contributed by atoms with E-state index in [4.69, 9.17) is 14.2 Å². The van der Waals surface area contributed by atoms with Gasteiger partial charge in [-0.1, -0.05) is 13.8 Å². The summed E-state index contributed by atoms with van der Waals surface area (Å²) in [4.78, 5) is 25.9. The van der Waals surface area contributed by atoms with Gasteiger partial charge in [-0.05, 0) is 36.5 Å². The van der Waals surface area contributed by atoms with Crippen molar-refractivity contribution in [1.29, 1.82) is 0 Å². The number of carbonyl (C=O) groups excluding carboxylic acids is 2. The molecule has 1 aliphatic heterocycles. The van der Waals surface area contributed by atoms with Crippen molar-refractivity contribution in [2.24, 2.45) is 5.41 Å². The van der Waals surface area contributed by atoms with Gasteiger partial charge in [0.05, 0.1) is 26.9 Å². The highest BCUT2D eigenvalue weighted by Crippen LogP contribution is 2.49. The van der Waals surface area contributed by atoms with Crippen LogP contribution in [0.3, 0.4) is 0 Å². The Morgan fingerprint density at radius 3 is 2.24 bits per heavy atom. The Kier molecular flexibility index (Phi) is 5.34. The molecule has 0 saturated heterocycles. The Balaban J connectivity index is 2.28. The van der Waals surface area contributed by atoms with Crippen LogP contribution in [0.15, 0.2) is 34.7 Å². The maximum atomic E-state index is 13.2. The van der Waals surface area contributed by atoms with E-state index in [1.165, 1.54) is 21.3 Å². The lowest BCUT2D eigenvalue weighted by molar-refractivity contribution is -0.136. The molecular formula is C22H27NO6. The van der Waals surface area contributed by atoms with E-state index >= 15 is 0 Å². The predicted octanol–water partition coefficient (Wildman–Crippen LogP) is 3.19. The third-order valence-corrected chi connectivity index (χ3v) is 5.48. The highest BCUT2D eigenvalue weighted by atomic mass is 16.5. The van der Waals surface area contributed by atoms with Crippen LogP contribution in [0, 0.1) is 5.41 Å². The summed E-state index contributed by atoms with van der Waals surface area (Å²) in [6, 6.07) is 3.25. The van der Waals surface area contributed by atoms with Gasteiger partial charge in [-0.3, -0.25) is 4.79 Å². The number of Topliss-reactive ketones (excluding diaryl/α,β-unsaturated/α-hetero) is 1. The molecule has 2 N–H and O–H groups in total. The second-order valence-electron chi connectivity index (χ2n) is 8.20. The minimum Gasteiger partial charge on any atom is -0.502 e. The van der Waals surface area contributed by atoms with E-state index in [2.05, 4.69) is 5.32 Å². The zero-order chi connectivity index (χ0) is 21.5. The molecule has 7 nitrogen and oxygen atoms in total. The molecule has 1 heterocycles. The quantitative estimate of drug-likeness (QED) is 0.748.